The Bertz CT molecular complexity index is 1140. The van der Waals surface area contributed by atoms with Gasteiger partial charge in [-0.3, -0.25) is 14.4 Å². The van der Waals surface area contributed by atoms with E-state index in [-0.39, 0.29) is 48.0 Å². The Kier molecular flexibility index (Phi) is 8.89. The van der Waals surface area contributed by atoms with Crippen LogP contribution in [0.15, 0.2) is 49.6 Å². The van der Waals surface area contributed by atoms with Crippen LogP contribution in [0.1, 0.15) is 33.6 Å². The summed E-state index contributed by atoms with van der Waals surface area (Å²) in [5, 5.41) is 10.9. The number of aliphatic hydroxyl groups excluding tert-OH is 1. The van der Waals surface area contributed by atoms with Crippen LogP contribution in [0.2, 0.25) is 5.02 Å². The molecule has 3 aliphatic rings. The number of likely N-dealkylation sites (tertiary alicyclic amines) is 1. The molecule has 0 radical (unpaired) electrons. The van der Waals surface area contributed by atoms with Crippen LogP contribution in [0.25, 0.3) is 0 Å². The van der Waals surface area contributed by atoms with E-state index >= 15 is 0 Å². The molecule has 1 aromatic carbocycles. The molecule has 1 aromatic rings. The Hall–Kier alpha value is -2.29. The number of benzene rings is 1. The fourth-order valence-corrected chi connectivity index (χ4v) is 9.66. The Morgan fingerprint density at radius 3 is 2.49 bits per heavy atom. The molecule has 3 fully saturated rings. The topological polar surface area (TPSA) is 81.2 Å². The van der Waals surface area contributed by atoms with Gasteiger partial charge in [-0.25, -0.2) is 0 Å². The predicted octanol–water partition coefficient (Wildman–Crippen LogP) is 4.25. The zero-order chi connectivity index (χ0) is 28.6. The predicted molar refractivity (Wildman–Crippen MR) is 158 cm³/mol. The number of hydrogen-bond donors (Lipinski definition) is 1. The molecular weight excluding hydrogens is 534 g/mol. The summed E-state index contributed by atoms with van der Waals surface area (Å²) in [5.74, 6) is -1.53. The summed E-state index contributed by atoms with van der Waals surface area (Å²) in [5.41, 5.74) is 0.546. The van der Waals surface area contributed by atoms with Crippen molar-refractivity contribution in [3.8, 4) is 0 Å². The van der Waals surface area contributed by atoms with Gasteiger partial charge >= 0.3 is 0 Å². The Morgan fingerprint density at radius 2 is 1.90 bits per heavy atom. The highest BCUT2D eigenvalue weighted by molar-refractivity contribution is 8.02. The SMILES string of the molecule is C=CCN(C)C(=O)[C@@H]1[C@@H]2CC(C)C3(S2)C(C(=O)N(CC=C)c2ccccc2Cl)N([C@@H](CO)CC(C)C)C(=O)[C@H]13. The van der Waals surface area contributed by atoms with E-state index in [1.807, 2.05) is 19.9 Å². The summed E-state index contributed by atoms with van der Waals surface area (Å²) in [6.07, 6.45) is 4.60. The van der Waals surface area contributed by atoms with Crippen molar-refractivity contribution in [3.05, 3.63) is 54.6 Å². The smallest absolute Gasteiger partial charge is 0.251 e. The zero-order valence-corrected chi connectivity index (χ0v) is 24.8. The maximum atomic E-state index is 14.8. The minimum absolute atomic E-state index is 0.0179. The molecule has 7 atom stereocenters. The molecule has 3 unspecified atom stereocenters. The number of rotatable bonds is 11. The van der Waals surface area contributed by atoms with Gasteiger partial charge < -0.3 is 19.8 Å². The third-order valence-corrected chi connectivity index (χ3v) is 10.9. The van der Waals surface area contributed by atoms with E-state index in [0.717, 1.165) is 6.42 Å². The van der Waals surface area contributed by atoms with Crippen molar-refractivity contribution in [2.24, 2.45) is 23.7 Å². The van der Waals surface area contributed by atoms with Crippen molar-refractivity contribution >= 4 is 46.8 Å². The number of carbonyl (C=O) groups is 3. The number of carbonyl (C=O) groups excluding carboxylic acids is 3. The summed E-state index contributed by atoms with van der Waals surface area (Å²) >= 11 is 8.19. The fourth-order valence-electron chi connectivity index (χ4n) is 7.03. The number of fused-ring (bicyclic) bond motifs is 1. The number of aliphatic hydroxyl groups is 1. The molecule has 9 heteroatoms. The highest BCUT2D eigenvalue weighted by atomic mass is 35.5. The normalized spacial score (nSPS) is 29.9. The summed E-state index contributed by atoms with van der Waals surface area (Å²) in [6, 6.07) is 5.75. The van der Waals surface area contributed by atoms with Gasteiger partial charge in [0.15, 0.2) is 0 Å². The lowest BCUT2D eigenvalue weighted by Gasteiger charge is -2.42. The minimum atomic E-state index is -0.852. The lowest BCUT2D eigenvalue weighted by molar-refractivity contribution is -0.145. The van der Waals surface area contributed by atoms with Crippen LogP contribution < -0.4 is 4.90 Å². The van der Waals surface area contributed by atoms with Gasteiger partial charge in [-0.1, -0.05) is 56.7 Å². The van der Waals surface area contributed by atoms with Crippen molar-refractivity contribution in [2.75, 3.05) is 31.6 Å². The van der Waals surface area contributed by atoms with Gasteiger partial charge in [0.25, 0.3) is 5.91 Å². The second kappa shape index (κ2) is 11.7. The van der Waals surface area contributed by atoms with E-state index < -0.39 is 28.7 Å². The molecule has 1 spiro atoms. The molecule has 3 aliphatic heterocycles. The number of para-hydroxylation sites is 1. The molecule has 0 aliphatic carbocycles. The van der Waals surface area contributed by atoms with Crippen molar-refractivity contribution < 1.29 is 19.5 Å². The van der Waals surface area contributed by atoms with E-state index in [4.69, 9.17) is 11.6 Å². The summed E-state index contributed by atoms with van der Waals surface area (Å²) in [7, 11) is 1.73. The number of likely N-dealkylation sites (N-methyl/N-ethyl adjacent to an activating group) is 1. The highest BCUT2D eigenvalue weighted by Gasteiger charge is 2.77. The van der Waals surface area contributed by atoms with Crippen molar-refractivity contribution in [3.63, 3.8) is 0 Å². The second-order valence-electron chi connectivity index (χ2n) is 11.5. The van der Waals surface area contributed by atoms with E-state index in [1.165, 1.54) is 0 Å². The minimum Gasteiger partial charge on any atom is -0.394 e. The molecule has 212 valence electrons. The Morgan fingerprint density at radius 1 is 1.23 bits per heavy atom. The maximum absolute atomic E-state index is 14.8. The number of anilines is 1. The van der Waals surface area contributed by atoms with Crippen LogP contribution in [0.4, 0.5) is 5.69 Å². The van der Waals surface area contributed by atoms with Crippen molar-refractivity contribution in [2.45, 2.75) is 55.7 Å². The Balaban J connectivity index is 1.88. The number of nitrogens with zero attached hydrogens (tertiary/aromatic N) is 3. The van der Waals surface area contributed by atoms with E-state index in [0.29, 0.717) is 23.7 Å². The lowest BCUT2D eigenvalue weighted by atomic mass is 9.65. The Labute approximate surface area is 241 Å². The van der Waals surface area contributed by atoms with Gasteiger partial charge in [0.05, 0.1) is 39.9 Å². The molecule has 2 bridgehead atoms. The molecule has 3 amide bonds. The second-order valence-corrected chi connectivity index (χ2v) is 13.4. The van der Waals surface area contributed by atoms with Gasteiger partial charge in [0.2, 0.25) is 11.8 Å². The molecule has 3 saturated heterocycles. The molecule has 4 rings (SSSR count). The molecule has 39 heavy (non-hydrogen) atoms. The average Bonchev–Trinajstić information content (AvgIpc) is 3.49. The third kappa shape index (κ3) is 4.82. The van der Waals surface area contributed by atoms with E-state index in [1.54, 1.807) is 63.9 Å². The van der Waals surface area contributed by atoms with Gasteiger partial charge in [-0.15, -0.1) is 24.9 Å². The number of halogens is 1. The molecule has 1 N–H and O–H groups in total. The standard InChI is InChI=1S/C30H40ClN3O4S/c1-7-13-32(6)27(36)24-23-16-19(5)30(39-23)25(24)28(37)34(20(17-35)15-18(3)4)26(30)29(38)33(14-8-2)22-12-10-9-11-21(22)31/h7-12,18-20,23-26,35H,1-2,13-17H2,3-6H3/t19?,20-,23+,24-,25+,26?,30?/m1/s1. The number of thioether (sulfide) groups is 1. The van der Waals surface area contributed by atoms with Crippen LogP contribution in [-0.2, 0) is 14.4 Å². The summed E-state index contributed by atoms with van der Waals surface area (Å²) in [6.45, 7) is 14.1. The van der Waals surface area contributed by atoms with E-state index in [2.05, 4.69) is 20.1 Å². The van der Waals surface area contributed by atoms with Crippen LogP contribution in [0.3, 0.4) is 0 Å². The van der Waals surface area contributed by atoms with E-state index in [9.17, 15) is 19.5 Å². The molecule has 7 nitrogen and oxygen atoms in total. The third-order valence-electron chi connectivity index (χ3n) is 8.55. The highest BCUT2D eigenvalue weighted by Crippen LogP contribution is 2.69. The first-order valence-electron chi connectivity index (χ1n) is 13.7. The first-order valence-corrected chi connectivity index (χ1v) is 14.9. The summed E-state index contributed by atoms with van der Waals surface area (Å²) < 4.78 is -0.792. The van der Waals surface area contributed by atoms with Gasteiger partial charge in [-0.2, -0.15) is 0 Å². The van der Waals surface area contributed by atoms with Gasteiger partial charge in [0.1, 0.15) is 6.04 Å². The first kappa shape index (κ1) is 29.7. The number of amides is 3. The van der Waals surface area contributed by atoms with Gasteiger partial charge in [-0.05, 0) is 36.8 Å². The van der Waals surface area contributed by atoms with Crippen LogP contribution in [0.5, 0.6) is 0 Å². The van der Waals surface area contributed by atoms with Crippen molar-refractivity contribution in [1.82, 2.24) is 9.80 Å². The summed E-state index contributed by atoms with van der Waals surface area (Å²) in [4.78, 5) is 47.8. The first-order chi connectivity index (χ1) is 18.5. The van der Waals surface area contributed by atoms with Crippen LogP contribution in [0, 0.1) is 23.7 Å². The maximum Gasteiger partial charge on any atom is 0.251 e. The quantitative estimate of drug-likeness (QED) is 0.400. The zero-order valence-electron chi connectivity index (χ0n) is 23.3. The molecule has 0 saturated carbocycles. The van der Waals surface area contributed by atoms with Gasteiger partial charge in [0, 0.05) is 25.4 Å². The van der Waals surface area contributed by atoms with Crippen molar-refractivity contribution in [1.29, 1.82) is 0 Å². The van der Waals surface area contributed by atoms with Crippen LogP contribution >= 0.6 is 23.4 Å². The average molecular weight is 574 g/mol. The lowest BCUT2D eigenvalue weighted by Crippen LogP contribution is -2.59. The fraction of sp³-hybridized carbons (Fsp3) is 0.567. The molecular formula is C30H40ClN3O4S. The largest absolute Gasteiger partial charge is 0.394 e. The molecule has 3 heterocycles. The molecule has 0 aromatic heterocycles. The van der Waals surface area contributed by atoms with Crippen LogP contribution in [-0.4, -0.2) is 81.5 Å². The number of hydrogen-bond acceptors (Lipinski definition) is 5. The monoisotopic (exact) mass is 573 g/mol.